The van der Waals surface area contributed by atoms with E-state index in [1.165, 1.54) is 0 Å². The molecule has 2 unspecified atom stereocenters. The first-order valence-electron chi connectivity index (χ1n) is 5.65. The molecule has 2 N–H and O–H groups in total. The second-order valence-corrected chi connectivity index (χ2v) is 4.16. The molecule has 0 bridgehead atoms. The summed E-state index contributed by atoms with van der Waals surface area (Å²) in [5.74, 6) is 0.0422. The van der Waals surface area contributed by atoms with Crippen molar-refractivity contribution in [2.24, 2.45) is 0 Å². The molecule has 1 aliphatic heterocycles. The van der Waals surface area contributed by atoms with Gasteiger partial charge >= 0.3 is 0 Å². The van der Waals surface area contributed by atoms with E-state index in [1.54, 1.807) is 12.4 Å². The summed E-state index contributed by atoms with van der Waals surface area (Å²) in [7, 11) is 0. The van der Waals surface area contributed by atoms with Gasteiger partial charge < -0.3 is 10.1 Å². The average molecular weight is 223 g/mol. The van der Waals surface area contributed by atoms with Crippen LogP contribution in [-0.2, 0) is 9.53 Å². The van der Waals surface area contributed by atoms with Gasteiger partial charge in [-0.2, -0.15) is 5.10 Å². The minimum Gasteiger partial charge on any atom is -0.378 e. The van der Waals surface area contributed by atoms with Crippen molar-refractivity contribution in [2.45, 2.75) is 38.3 Å². The van der Waals surface area contributed by atoms with Gasteiger partial charge in [0.25, 0.3) is 0 Å². The molecule has 0 aliphatic carbocycles. The molecule has 88 valence electrons. The van der Waals surface area contributed by atoms with Crippen molar-refractivity contribution >= 4 is 5.91 Å². The zero-order chi connectivity index (χ0) is 11.4. The number of rotatable bonds is 4. The van der Waals surface area contributed by atoms with Gasteiger partial charge in [0.2, 0.25) is 5.91 Å². The second kappa shape index (κ2) is 5.12. The van der Waals surface area contributed by atoms with Crippen molar-refractivity contribution in [3.8, 4) is 0 Å². The summed E-state index contributed by atoms with van der Waals surface area (Å²) in [4.78, 5) is 11.7. The fourth-order valence-corrected chi connectivity index (χ4v) is 1.89. The number of nitrogens with one attached hydrogen (secondary N) is 2. The van der Waals surface area contributed by atoms with Crippen LogP contribution in [0.5, 0.6) is 0 Å². The molecule has 0 radical (unpaired) electrons. The molecule has 2 heterocycles. The number of ether oxygens (including phenoxy) is 1. The number of amides is 1. The van der Waals surface area contributed by atoms with E-state index < -0.39 is 0 Å². The second-order valence-electron chi connectivity index (χ2n) is 4.16. The maximum Gasteiger partial charge on any atom is 0.223 e. The van der Waals surface area contributed by atoms with E-state index in [2.05, 4.69) is 15.5 Å². The Balaban J connectivity index is 1.78. The first-order chi connectivity index (χ1) is 7.75. The van der Waals surface area contributed by atoms with E-state index in [-0.39, 0.29) is 18.1 Å². The van der Waals surface area contributed by atoms with Crippen molar-refractivity contribution in [3.63, 3.8) is 0 Å². The predicted molar refractivity (Wildman–Crippen MR) is 58.7 cm³/mol. The van der Waals surface area contributed by atoms with Crippen molar-refractivity contribution in [1.29, 1.82) is 0 Å². The smallest absolute Gasteiger partial charge is 0.223 e. The van der Waals surface area contributed by atoms with Gasteiger partial charge in [-0.25, -0.2) is 0 Å². The number of hydrogen-bond acceptors (Lipinski definition) is 3. The van der Waals surface area contributed by atoms with Gasteiger partial charge in [-0.05, 0) is 19.8 Å². The van der Waals surface area contributed by atoms with Gasteiger partial charge in [-0.3, -0.25) is 9.89 Å². The highest BCUT2D eigenvalue weighted by molar-refractivity contribution is 5.76. The van der Waals surface area contributed by atoms with Gasteiger partial charge in [0, 0.05) is 18.4 Å². The van der Waals surface area contributed by atoms with Gasteiger partial charge in [0.15, 0.2) is 0 Å². The highest BCUT2D eigenvalue weighted by Crippen LogP contribution is 2.16. The van der Waals surface area contributed by atoms with Gasteiger partial charge in [0.1, 0.15) is 0 Å². The molecule has 1 fully saturated rings. The van der Waals surface area contributed by atoms with E-state index in [0.717, 1.165) is 25.0 Å². The Morgan fingerprint density at radius 3 is 3.31 bits per heavy atom. The fourth-order valence-electron chi connectivity index (χ4n) is 1.89. The van der Waals surface area contributed by atoms with Crippen LogP contribution in [0.1, 0.15) is 37.8 Å². The highest BCUT2D eigenvalue weighted by Gasteiger charge is 2.20. The Morgan fingerprint density at radius 2 is 2.69 bits per heavy atom. The Bertz CT molecular complexity index is 331. The summed E-state index contributed by atoms with van der Waals surface area (Å²) in [6.07, 6.45) is 6.13. The standard InChI is InChI=1S/C11H17N3O2/c1-8(9-6-12-13-7-9)14-11(15)5-10-3-2-4-16-10/h6-8,10H,2-5H2,1H3,(H,12,13)(H,14,15). The summed E-state index contributed by atoms with van der Waals surface area (Å²) in [6.45, 7) is 2.73. The Kier molecular flexibility index (Phi) is 3.56. The van der Waals surface area contributed by atoms with Crippen LogP contribution in [0.15, 0.2) is 12.4 Å². The molecule has 1 saturated heterocycles. The predicted octanol–water partition coefficient (Wildman–Crippen LogP) is 1.16. The molecular formula is C11H17N3O2. The van der Waals surface area contributed by atoms with Crippen LogP contribution >= 0.6 is 0 Å². The summed E-state index contributed by atoms with van der Waals surface area (Å²) >= 11 is 0. The van der Waals surface area contributed by atoms with Crippen LogP contribution in [0.4, 0.5) is 0 Å². The Morgan fingerprint density at radius 1 is 1.81 bits per heavy atom. The molecule has 0 saturated carbocycles. The van der Waals surface area contributed by atoms with Crippen LogP contribution in [-0.4, -0.2) is 28.8 Å². The lowest BCUT2D eigenvalue weighted by Gasteiger charge is -2.14. The van der Waals surface area contributed by atoms with Gasteiger partial charge in [0.05, 0.1) is 24.8 Å². The quantitative estimate of drug-likeness (QED) is 0.804. The van der Waals surface area contributed by atoms with Crippen molar-refractivity contribution in [1.82, 2.24) is 15.5 Å². The fraction of sp³-hybridized carbons (Fsp3) is 0.636. The number of H-pyrrole nitrogens is 1. The van der Waals surface area contributed by atoms with E-state index in [9.17, 15) is 4.79 Å². The number of aromatic amines is 1. The van der Waals surface area contributed by atoms with E-state index in [4.69, 9.17) is 4.74 Å². The average Bonchev–Trinajstić information content (AvgIpc) is 2.88. The molecule has 1 aromatic heterocycles. The lowest BCUT2D eigenvalue weighted by molar-refractivity contribution is -0.123. The molecule has 16 heavy (non-hydrogen) atoms. The largest absolute Gasteiger partial charge is 0.378 e. The summed E-state index contributed by atoms with van der Waals surface area (Å²) < 4.78 is 5.42. The number of hydrogen-bond donors (Lipinski definition) is 2. The van der Waals surface area contributed by atoms with Gasteiger partial charge in [-0.1, -0.05) is 0 Å². The monoisotopic (exact) mass is 223 g/mol. The van der Waals surface area contributed by atoms with E-state index >= 15 is 0 Å². The van der Waals surface area contributed by atoms with Crippen LogP contribution in [0.2, 0.25) is 0 Å². The number of carbonyl (C=O) groups is 1. The van der Waals surface area contributed by atoms with Crippen molar-refractivity contribution < 1.29 is 9.53 Å². The number of nitrogens with zero attached hydrogens (tertiary/aromatic N) is 1. The first-order valence-corrected chi connectivity index (χ1v) is 5.65. The van der Waals surface area contributed by atoms with E-state index in [1.807, 2.05) is 6.92 Å². The third-order valence-electron chi connectivity index (χ3n) is 2.83. The van der Waals surface area contributed by atoms with Crippen molar-refractivity contribution in [2.75, 3.05) is 6.61 Å². The molecule has 5 heteroatoms. The molecule has 1 aliphatic rings. The third kappa shape index (κ3) is 2.82. The zero-order valence-corrected chi connectivity index (χ0v) is 9.40. The van der Waals surface area contributed by atoms with Crippen LogP contribution in [0.25, 0.3) is 0 Å². The minimum absolute atomic E-state index is 0.00680. The maximum absolute atomic E-state index is 11.7. The molecule has 5 nitrogen and oxygen atoms in total. The number of aromatic nitrogens is 2. The lowest BCUT2D eigenvalue weighted by Crippen LogP contribution is -2.29. The molecule has 1 aromatic rings. The Hall–Kier alpha value is -1.36. The van der Waals surface area contributed by atoms with E-state index in [0.29, 0.717) is 6.42 Å². The SMILES string of the molecule is CC(NC(=O)CC1CCCO1)c1cn[nH]c1. The molecule has 1 amide bonds. The normalized spacial score (nSPS) is 21.9. The Labute approximate surface area is 94.6 Å². The van der Waals surface area contributed by atoms with Crippen LogP contribution in [0.3, 0.4) is 0 Å². The summed E-state index contributed by atoms with van der Waals surface area (Å²) in [5, 5.41) is 9.51. The van der Waals surface area contributed by atoms with Gasteiger partial charge in [-0.15, -0.1) is 0 Å². The molecular weight excluding hydrogens is 206 g/mol. The molecule has 2 atom stereocenters. The van der Waals surface area contributed by atoms with Crippen LogP contribution in [0, 0.1) is 0 Å². The lowest BCUT2D eigenvalue weighted by atomic mass is 10.1. The summed E-state index contributed by atoms with van der Waals surface area (Å²) in [6, 6.07) is -0.00680. The topological polar surface area (TPSA) is 67.0 Å². The molecule has 0 spiro atoms. The molecule has 0 aromatic carbocycles. The highest BCUT2D eigenvalue weighted by atomic mass is 16.5. The first kappa shape index (κ1) is 11.1. The minimum atomic E-state index is -0.00680. The maximum atomic E-state index is 11.7. The molecule has 2 rings (SSSR count). The van der Waals surface area contributed by atoms with Crippen molar-refractivity contribution in [3.05, 3.63) is 18.0 Å². The van der Waals surface area contributed by atoms with Crippen LogP contribution < -0.4 is 5.32 Å². The third-order valence-corrected chi connectivity index (χ3v) is 2.83. The summed E-state index contributed by atoms with van der Waals surface area (Å²) in [5.41, 5.74) is 0.987. The number of carbonyl (C=O) groups excluding carboxylic acids is 1. The zero-order valence-electron chi connectivity index (χ0n) is 9.40.